The molecule has 1 atom stereocenters. The molecule has 1 aliphatic heterocycles. The van der Waals surface area contributed by atoms with Gasteiger partial charge in [0.25, 0.3) is 0 Å². The summed E-state index contributed by atoms with van der Waals surface area (Å²) in [6, 6.07) is 14.2. The van der Waals surface area contributed by atoms with Gasteiger partial charge >= 0.3 is 0 Å². The van der Waals surface area contributed by atoms with Crippen molar-refractivity contribution in [1.29, 1.82) is 0 Å². The maximum absolute atomic E-state index is 13.1. The Morgan fingerprint density at radius 2 is 1.77 bits per heavy atom. The lowest BCUT2D eigenvalue weighted by molar-refractivity contribution is 0.355. The van der Waals surface area contributed by atoms with E-state index in [0.29, 0.717) is 31.0 Å². The Morgan fingerprint density at radius 3 is 2.45 bits per heavy atom. The van der Waals surface area contributed by atoms with Gasteiger partial charge in [-0.3, -0.25) is 0 Å². The van der Waals surface area contributed by atoms with E-state index in [0.717, 1.165) is 45.4 Å². The molecule has 0 radical (unpaired) electrons. The quantitative estimate of drug-likeness (QED) is 0.306. The van der Waals surface area contributed by atoms with Crippen LogP contribution in [0.3, 0.4) is 0 Å². The van der Waals surface area contributed by atoms with Gasteiger partial charge in [0.1, 0.15) is 0 Å². The third-order valence-corrected chi connectivity index (χ3v) is 8.43. The standard InChI is InChI=1S/C29H34N6O4S/c1-18(2)30-22-8-10-24(11-9-22)40(36,37)33-23-13-14-34(17-23)25-15-19(3)32-35-28(20(4)31-29(25)35)21-7-12-26(38-5)27(16-21)39-6/h7-12,15-16,23,30,33H,1,13-14,17H2,2-6H3/t23-/m1/s1. The van der Waals surface area contributed by atoms with Crippen LogP contribution in [0.15, 0.2) is 65.7 Å². The molecule has 2 aromatic carbocycles. The van der Waals surface area contributed by atoms with E-state index in [1.165, 1.54) is 0 Å². The largest absolute Gasteiger partial charge is 0.493 e. The number of hydrogen-bond donors (Lipinski definition) is 2. The monoisotopic (exact) mass is 562 g/mol. The Balaban J connectivity index is 1.40. The maximum Gasteiger partial charge on any atom is 0.240 e. The molecule has 40 heavy (non-hydrogen) atoms. The van der Waals surface area contributed by atoms with Crippen molar-refractivity contribution < 1.29 is 17.9 Å². The van der Waals surface area contributed by atoms with Gasteiger partial charge in [-0.2, -0.15) is 5.10 Å². The molecule has 2 N–H and O–H groups in total. The first-order valence-electron chi connectivity index (χ1n) is 13.0. The first-order chi connectivity index (χ1) is 19.1. The van der Waals surface area contributed by atoms with Crippen LogP contribution in [0.1, 0.15) is 24.7 Å². The van der Waals surface area contributed by atoms with E-state index in [1.807, 2.05) is 49.6 Å². The molecular weight excluding hydrogens is 528 g/mol. The Labute approximate surface area is 234 Å². The van der Waals surface area contributed by atoms with Crippen molar-refractivity contribution in [3.63, 3.8) is 0 Å². The number of aryl methyl sites for hydroxylation is 2. The Bertz CT molecular complexity index is 1680. The number of sulfonamides is 1. The number of ether oxygens (including phenoxy) is 2. The Hall–Kier alpha value is -4.09. The molecule has 1 fully saturated rings. The molecule has 0 bridgehead atoms. The molecule has 0 unspecified atom stereocenters. The van der Waals surface area contributed by atoms with E-state index in [9.17, 15) is 8.42 Å². The van der Waals surface area contributed by atoms with Crippen LogP contribution in [0.5, 0.6) is 11.5 Å². The highest BCUT2D eigenvalue weighted by Crippen LogP contribution is 2.36. The molecule has 210 valence electrons. The normalized spacial score (nSPS) is 15.4. The van der Waals surface area contributed by atoms with Gasteiger partial charge < -0.3 is 19.7 Å². The van der Waals surface area contributed by atoms with Gasteiger partial charge in [0.05, 0.1) is 41.9 Å². The van der Waals surface area contributed by atoms with Crippen molar-refractivity contribution in [3.8, 4) is 22.8 Å². The summed E-state index contributed by atoms with van der Waals surface area (Å²) in [5.74, 6) is 1.27. The average Bonchev–Trinajstić information content (AvgIpc) is 3.50. The number of methoxy groups -OCH3 is 2. The molecule has 11 heteroatoms. The maximum atomic E-state index is 13.1. The average molecular weight is 563 g/mol. The number of nitrogens with one attached hydrogen (secondary N) is 2. The smallest absolute Gasteiger partial charge is 0.240 e. The SMILES string of the molecule is C=C(C)Nc1ccc(S(=O)(=O)N[C@@H]2CCN(c3cc(C)nn4c(-c5ccc(OC)c(OC)c5)c(C)nc34)C2)cc1. The second-order valence-electron chi connectivity index (χ2n) is 10.0. The zero-order chi connectivity index (χ0) is 28.6. The lowest BCUT2D eigenvalue weighted by Gasteiger charge is -2.20. The summed E-state index contributed by atoms with van der Waals surface area (Å²) >= 11 is 0. The third-order valence-electron chi connectivity index (χ3n) is 6.89. The number of anilines is 2. The van der Waals surface area contributed by atoms with Crippen molar-refractivity contribution in [1.82, 2.24) is 19.3 Å². The minimum absolute atomic E-state index is 0.226. The van der Waals surface area contributed by atoms with Crippen molar-refractivity contribution in [3.05, 3.63) is 72.2 Å². The fraction of sp³-hybridized carbons (Fsp3) is 0.310. The summed E-state index contributed by atoms with van der Waals surface area (Å²) in [5, 5.41) is 7.86. The number of benzene rings is 2. The molecule has 10 nitrogen and oxygen atoms in total. The highest BCUT2D eigenvalue weighted by molar-refractivity contribution is 7.89. The van der Waals surface area contributed by atoms with Crippen LogP contribution in [0, 0.1) is 13.8 Å². The summed E-state index contributed by atoms with van der Waals surface area (Å²) in [6.45, 7) is 10.8. The molecular formula is C29H34N6O4S. The van der Waals surface area contributed by atoms with Gasteiger partial charge in [-0.05, 0) is 75.7 Å². The van der Waals surface area contributed by atoms with Crippen molar-refractivity contribution >= 4 is 27.0 Å². The number of rotatable bonds is 9. The zero-order valence-corrected chi connectivity index (χ0v) is 24.2. The van der Waals surface area contributed by atoms with E-state index in [1.54, 1.807) is 38.5 Å². The summed E-state index contributed by atoms with van der Waals surface area (Å²) < 4.78 is 41.9. The molecule has 1 saturated heterocycles. The Kier molecular flexibility index (Phi) is 7.43. The van der Waals surface area contributed by atoms with E-state index in [-0.39, 0.29) is 10.9 Å². The van der Waals surface area contributed by atoms with E-state index >= 15 is 0 Å². The van der Waals surface area contributed by atoms with Gasteiger partial charge in [-0.15, -0.1) is 0 Å². The van der Waals surface area contributed by atoms with Crippen LogP contribution < -0.4 is 24.4 Å². The number of imidazole rings is 1. The number of fused-ring (bicyclic) bond motifs is 1. The molecule has 0 amide bonds. The predicted molar refractivity (Wildman–Crippen MR) is 157 cm³/mol. The molecule has 3 heterocycles. The number of aromatic nitrogens is 3. The minimum Gasteiger partial charge on any atom is -0.493 e. The molecule has 4 aromatic rings. The molecule has 5 rings (SSSR count). The second-order valence-corrected chi connectivity index (χ2v) is 11.7. The van der Waals surface area contributed by atoms with Gasteiger partial charge in [0.15, 0.2) is 17.1 Å². The Morgan fingerprint density at radius 1 is 1.05 bits per heavy atom. The van der Waals surface area contributed by atoms with Crippen LogP contribution in [0.4, 0.5) is 11.4 Å². The van der Waals surface area contributed by atoms with E-state index in [4.69, 9.17) is 19.6 Å². The lowest BCUT2D eigenvalue weighted by Crippen LogP contribution is -2.37. The van der Waals surface area contributed by atoms with Gasteiger partial charge in [0, 0.05) is 36.1 Å². The van der Waals surface area contributed by atoms with Crippen LogP contribution in [-0.4, -0.2) is 56.4 Å². The molecule has 1 aliphatic rings. The summed E-state index contributed by atoms with van der Waals surface area (Å²) in [5.41, 5.74) is 6.63. The molecule has 0 saturated carbocycles. The number of allylic oxidation sites excluding steroid dienone is 1. The van der Waals surface area contributed by atoms with E-state index < -0.39 is 10.0 Å². The summed E-state index contributed by atoms with van der Waals surface area (Å²) in [7, 11) is -0.463. The fourth-order valence-corrected chi connectivity index (χ4v) is 6.37. The number of hydrogen-bond acceptors (Lipinski definition) is 8. The van der Waals surface area contributed by atoms with Gasteiger partial charge in [-0.25, -0.2) is 22.6 Å². The fourth-order valence-electron chi connectivity index (χ4n) is 5.10. The van der Waals surface area contributed by atoms with E-state index in [2.05, 4.69) is 21.5 Å². The molecule has 2 aromatic heterocycles. The zero-order valence-electron chi connectivity index (χ0n) is 23.4. The molecule has 0 aliphatic carbocycles. The minimum atomic E-state index is -3.68. The van der Waals surface area contributed by atoms with Gasteiger partial charge in [0.2, 0.25) is 10.0 Å². The first-order valence-corrected chi connectivity index (χ1v) is 14.5. The first kappa shape index (κ1) is 27.5. The number of nitrogens with zero attached hydrogens (tertiary/aromatic N) is 4. The topological polar surface area (TPSA) is 110 Å². The summed E-state index contributed by atoms with van der Waals surface area (Å²) in [4.78, 5) is 7.28. The van der Waals surface area contributed by atoms with Gasteiger partial charge in [-0.1, -0.05) is 6.58 Å². The van der Waals surface area contributed by atoms with Crippen LogP contribution in [0.2, 0.25) is 0 Å². The highest BCUT2D eigenvalue weighted by atomic mass is 32.2. The van der Waals surface area contributed by atoms with Crippen LogP contribution in [-0.2, 0) is 10.0 Å². The van der Waals surface area contributed by atoms with Crippen LogP contribution >= 0.6 is 0 Å². The van der Waals surface area contributed by atoms with Crippen molar-refractivity contribution in [2.75, 3.05) is 37.5 Å². The van der Waals surface area contributed by atoms with Crippen molar-refractivity contribution in [2.45, 2.75) is 38.1 Å². The summed E-state index contributed by atoms with van der Waals surface area (Å²) in [6.07, 6.45) is 0.671. The lowest BCUT2D eigenvalue weighted by atomic mass is 10.1. The second kappa shape index (κ2) is 10.8. The van der Waals surface area contributed by atoms with Crippen molar-refractivity contribution in [2.24, 2.45) is 0 Å². The third kappa shape index (κ3) is 5.34. The predicted octanol–water partition coefficient (Wildman–Crippen LogP) is 4.53. The molecule has 0 spiro atoms. The van der Waals surface area contributed by atoms with Crippen LogP contribution in [0.25, 0.3) is 16.9 Å². The highest BCUT2D eigenvalue weighted by Gasteiger charge is 2.30.